The highest BCUT2D eigenvalue weighted by Gasteiger charge is 2.55. The van der Waals surface area contributed by atoms with Crippen molar-refractivity contribution in [2.75, 3.05) is 20.1 Å². The molecule has 0 bridgehead atoms. The summed E-state index contributed by atoms with van der Waals surface area (Å²) >= 11 is 0. The minimum atomic E-state index is -4.72. The second kappa shape index (κ2) is 6.26. The molecule has 0 unspecified atom stereocenters. The van der Waals surface area contributed by atoms with Crippen molar-refractivity contribution in [3.63, 3.8) is 0 Å². The van der Waals surface area contributed by atoms with E-state index < -0.39 is 34.8 Å². The van der Waals surface area contributed by atoms with E-state index in [0.29, 0.717) is 0 Å². The Balaban J connectivity index is 2.03. The Kier molecular flexibility index (Phi) is 5.11. The van der Waals surface area contributed by atoms with Crippen molar-refractivity contribution < 1.29 is 26.7 Å². The van der Waals surface area contributed by atoms with Gasteiger partial charge in [0.25, 0.3) is 10.2 Å². The molecule has 1 N–H and O–H groups in total. The zero-order valence-corrected chi connectivity index (χ0v) is 13.5. The molecule has 130 valence electrons. The molecule has 0 amide bonds. The third kappa shape index (κ3) is 3.42. The van der Waals surface area contributed by atoms with Crippen molar-refractivity contribution in [1.29, 1.82) is 0 Å². The normalized spacial score (nSPS) is 25.5. The molecule has 5 nitrogen and oxygen atoms in total. The van der Waals surface area contributed by atoms with Gasteiger partial charge < -0.3 is 5.11 Å². The van der Waals surface area contributed by atoms with Crippen LogP contribution in [0.4, 0.5) is 13.2 Å². The van der Waals surface area contributed by atoms with E-state index in [9.17, 15) is 26.7 Å². The standard InChI is InChI=1S/C13H23F3N2O3S/c1-17(11-5-3-2-4-6-11)22(20,21)18-9-7-12(19,8-10-18)13(14,15)16/h11,19H,2-10H2,1H3. The van der Waals surface area contributed by atoms with E-state index in [0.717, 1.165) is 36.4 Å². The van der Waals surface area contributed by atoms with Crippen molar-refractivity contribution in [1.82, 2.24) is 8.61 Å². The van der Waals surface area contributed by atoms with E-state index >= 15 is 0 Å². The van der Waals surface area contributed by atoms with Gasteiger partial charge in [0.15, 0.2) is 5.60 Å². The molecule has 0 aromatic heterocycles. The van der Waals surface area contributed by atoms with Crippen LogP contribution < -0.4 is 0 Å². The zero-order chi connectivity index (χ0) is 16.6. The Morgan fingerprint density at radius 3 is 2.09 bits per heavy atom. The van der Waals surface area contributed by atoms with Gasteiger partial charge in [-0.1, -0.05) is 19.3 Å². The molecule has 0 spiro atoms. The van der Waals surface area contributed by atoms with E-state index in [1.165, 1.54) is 11.4 Å². The maximum absolute atomic E-state index is 12.8. The van der Waals surface area contributed by atoms with Crippen molar-refractivity contribution in [3.05, 3.63) is 0 Å². The SMILES string of the molecule is CN(C1CCCCC1)S(=O)(=O)N1CCC(O)(C(F)(F)F)CC1. The molecular weight excluding hydrogens is 321 g/mol. The van der Waals surface area contributed by atoms with Crippen LogP contribution in [0.25, 0.3) is 0 Å². The molecule has 1 aliphatic heterocycles. The summed E-state index contributed by atoms with van der Waals surface area (Å²) in [7, 11) is -2.27. The van der Waals surface area contributed by atoms with Crippen molar-refractivity contribution in [2.45, 2.75) is 62.8 Å². The maximum atomic E-state index is 12.8. The molecule has 2 fully saturated rings. The summed E-state index contributed by atoms with van der Waals surface area (Å²) in [6.07, 6.45) is -1.35. The summed E-state index contributed by atoms with van der Waals surface area (Å²) in [5.74, 6) is 0. The first-order chi connectivity index (χ1) is 10.1. The lowest BCUT2D eigenvalue weighted by molar-refractivity contribution is -0.270. The molecular formula is C13H23F3N2O3S. The third-order valence-electron chi connectivity index (χ3n) is 4.86. The van der Waals surface area contributed by atoms with E-state index in [4.69, 9.17) is 0 Å². The number of alkyl halides is 3. The van der Waals surface area contributed by atoms with Gasteiger partial charge >= 0.3 is 6.18 Å². The summed E-state index contributed by atoms with van der Waals surface area (Å²) in [6, 6.07) is -0.0813. The van der Waals surface area contributed by atoms with Crippen LogP contribution >= 0.6 is 0 Å². The maximum Gasteiger partial charge on any atom is 0.417 e. The molecule has 1 saturated carbocycles. The quantitative estimate of drug-likeness (QED) is 0.850. The smallest absolute Gasteiger partial charge is 0.380 e. The number of nitrogens with zero attached hydrogens (tertiary/aromatic N) is 2. The Labute approximate surface area is 129 Å². The largest absolute Gasteiger partial charge is 0.417 e. The number of rotatable bonds is 3. The zero-order valence-electron chi connectivity index (χ0n) is 12.6. The van der Waals surface area contributed by atoms with Crippen LogP contribution in [0.1, 0.15) is 44.9 Å². The summed E-state index contributed by atoms with van der Waals surface area (Å²) in [6.45, 7) is -0.620. The first-order valence-electron chi connectivity index (χ1n) is 7.60. The van der Waals surface area contributed by atoms with Gasteiger partial charge in [-0.3, -0.25) is 0 Å². The second-order valence-electron chi connectivity index (χ2n) is 6.24. The highest BCUT2D eigenvalue weighted by molar-refractivity contribution is 7.86. The first kappa shape index (κ1) is 18.0. The van der Waals surface area contributed by atoms with E-state index in [2.05, 4.69) is 0 Å². The van der Waals surface area contributed by atoms with Crippen LogP contribution in [0.15, 0.2) is 0 Å². The lowest BCUT2D eigenvalue weighted by Gasteiger charge is -2.41. The topological polar surface area (TPSA) is 60.9 Å². The number of aliphatic hydroxyl groups is 1. The van der Waals surface area contributed by atoms with E-state index in [-0.39, 0.29) is 19.1 Å². The van der Waals surface area contributed by atoms with Gasteiger partial charge in [-0.05, 0) is 25.7 Å². The Hall–Kier alpha value is -0.380. The molecule has 2 rings (SSSR count). The van der Waals surface area contributed by atoms with Gasteiger partial charge in [0, 0.05) is 26.2 Å². The van der Waals surface area contributed by atoms with E-state index in [1.54, 1.807) is 0 Å². The lowest BCUT2D eigenvalue weighted by atomic mass is 9.92. The van der Waals surface area contributed by atoms with Crippen LogP contribution in [0.3, 0.4) is 0 Å². The van der Waals surface area contributed by atoms with Gasteiger partial charge in [-0.15, -0.1) is 0 Å². The van der Waals surface area contributed by atoms with E-state index in [1.807, 2.05) is 0 Å². The van der Waals surface area contributed by atoms with Crippen LogP contribution in [-0.4, -0.2) is 60.1 Å². The average molecular weight is 344 g/mol. The van der Waals surface area contributed by atoms with Crippen molar-refractivity contribution in [3.8, 4) is 0 Å². The predicted octanol–water partition coefficient (Wildman–Crippen LogP) is 1.88. The highest BCUT2D eigenvalue weighted by atomic mass is 32.2. The van der Waals surface area contributed by atoms with Gasteiger partial charge in [0.2, 0.25) is 0 Å². The Bertz CT molecular complexity index is 481. The minimum Gasteiger partial charge on any atom is -0.380 e. The molecule has 0 aromatic rings. The van der Waals surface area contributed by atoms with Crippen LogP contribution in [-0.2, 0) is 10.2 Å². The minimum absolute atomic E-state index is 0.0813. The molecule has 0 aromatic carbocycles. The highest BCUT2D eigenvalue weighted by Crippen LogP contribution is 2.39. The molecule has 22 heavy (non-hydrogen) atoms. The van der Waals surface area contributed by atoms with Gasteiger partial charge in [0.05, 0.1) is 0 Å². The molecule has 1 saturated heterocycles. The third-order valence-corrected chi connectivity index (χ3v) is 6.90. The van der Waals surface area contributed by atoms with Crippen LogP contribution in [0.5, 0.6) is 0 Å². The molecule has 1 aliphatic carbocycles. The number of piperidine rings is 1. The van der Waals surface area contributed by atoms with Gasteiger partial charge in [-0.2, -0.15) is 30.2 Å². The number of halogens is 3. The van der Waals surface area contributed by atoms with Gasteiger partial charge in [0.1, 0.15) is 0 Å². The molecule has 1 heterocycles. The summed E-state index contributed by atoms with van der Waals surface area (Å²) < 4.78 is 65.7. The summed E-state index contributed by atoms with van der Waals surface area (Å²) in [4.78, 5) is 0. The summed E-state index contributed by atoms with van der Waals surface area (Å²) in [5.41, 5.74) is -2.78. The van der Waals surface area contributed by atoms with Gasteiger partial charge in [-0.25, -0.2) is 0 Å². The monoisotopic (exact) mass is 344 g/mol. The Morgan fingerprint density at radius 1 is 1.14 bits per heavy atom. The second-order valence-corrected chi connectivity index (χ2v) is 8.23. The van der Waals surface area contributed by atoms with Crippen LogP contribution in [0.2, 0.25) is 0 Å². The fourth-order valence-corrected chi connectivity index (χ4v) is 4.78. The molecule has 0 atom stereocenters. The predicted molar refractivity (Wildman–Crippen MR) is 75.4 cm³/mol. The van der Waals surface area contributed by atoms with Crippen molar-refractivity contribution >= 4 is 10.2 Å². The Morgan fingerprint density at radius 2 is 1.64 bits per heavy atom. The molecule has 9 heteroatoms. The fraction of sp³-hybridized carbons (Fsp3) is 1.00. The number of hydrogen-bond donors (Lipinski definition) is 1. The molecule has 2 aliphatic rings. The van der Waals surface area contributed by atoms with Crippen molar-refractivity contribution in [2.24, 2.45) is 0 Å². The molecule has 0 radical (unpaired) electrons. The summed E-state index contributed by atoms with van der Waals surface area (Å²) in [5, 5.41) is 9.62. The number of hydrogen-bond acceptors (Lipinski definition) is 3. The van der Waals surface area contributed by atoms with Crippen LogP contribution in [0, 0.1) is 0 Å². The average Bonchev–Trinajstić information content (AvgIpc) is 2.46. The fourth-order valence-electron chi connectivity index (χ4n) is 3.19. The first-order valence-corrected chi connectivity index (χ1v) is 9.00. The lowest BCUT2D eigenvalue weighted by Crippen LogP contribution is -2.57.